The van der Waals surface area contributed by atoms with Gasteiger partial charge < -0.3 is 20.9 Å². The Hall–Kier alpha value is -1.49. The number of benzene rings is 1. The first-order valence-electron chi connectivity index (χ1n) is 5.50. The molecule has 1 atom stereocenters. The maximum Gasteiger partial charge on any atom is 0.167 e. The van der Waals surface area contributed by atoms with Crippen molar-refractivity contribution in [3.63, 3.8) is 0 Å². The summed E-state index contributed by atoms with van der Waals surface area (Å²) in [5, 5.41) is 12.3. The summed E-state index contributed by atoms with van der Waals surface area (Å²) in [5.74, 6) is -0.141. The van der Waals surface area contributed by atoms with Gasteiger partial charge in [-0.1, -0.05) is 13.8 Å². The van der Waals surface area contributed by atoms with Gasteiger partial charge in [0.05, 0.1) is 31.1 Å². The predicted molar refractivity (Wildman–Crippen MR) is 66.7 cm³/mol. The van der Waals surface area contributed by atoms with Crippen molar-refractivity contribution in [2.24, 2.45) is 5.92 Å². The van der Waals surface area contributed by atoms with E-state index in [1.54, 1.807) is 0 Å². The molecule has 1 aromatic rings. The van der Waals surface area contributed by atoms with Gasteiger partial charge in [-0.2, -0.15) is 0 Å². The van der Waals surface area contributed by atoms with Gasteiger partial charge in [0.2, 0.25) is 0 Å². The van der Waals surface area contributed by atoms with Crippen LogP contribution in [0.15, 0.2) is 12.1 Å². The van der Waals surface area contributed by atoms with Crippen molar-refractivity contribution < 1.29 is 14.2 Å². The van der Waals surface area contributed by atoms with Crippen LogP contribution in [0.2, 0.25) is 0 Å². The second-order valence-electron chi connectivity index (χ2n) is 4.25. The van der Waals surface area contributed by atoms with Gasteiger partial charge in [0.1, 0.15) is 0 Å². The lowest BCUT2D eigenvalue weighted by Gasteiger charge is -2.22. The molecule has 0 fully saturated rings. The average molecular weight is 242 g/mol. The Labute approximate surface area is 101 Å². The average Bonchev–Trinajstić information content (AvgIpc) is 2.27. The summed E-state index contributed by atoms with van der Waals surface area (Å²) in [6.07, 6.45) is 0. The molecule has 0 saturated heterocycles. The van der Waals surface area contributed by atoms with Crippen LogP contribution in [0.3, 0.4) is 0 Å². The van der Waals surface area contributed by atoms with E-state index in [1.165, 1.54) is 19.2 Å². The summed E-state index contributed by atoms with van der Waals surface area (Å²) in [4.78, 5) is 0. The molecule has 96 valence electrons. The molecule has 4 nitrogen and oxygen atoms in total. The van der Waals surface area contributed by atoms with Gasteiger partial charge in [0.25, 0.3) is 0 Å². The third-order valence-electron chi connectivity index (χ3n) is 2.67. The number of ether oxygens (including phenoxy) is 1. The number of nitrogen functional groups attached to an aromatic ring is 1. The summed E-state index contributed by atoms with van der Waals surface area (Å²) in [6.45, 7) is 3.94. The minimum Gasteiger partial charge on any atom is -0.494 e. The largest absolute Gasteiger partial charge is 0.494 e. The Balaban J connectivity index is 2.97. The number of nitrogens with one attached hydrogen (secondary N) is 1. The number of hydrogen-bond donors (Lipinski definition) is 3. The van der Waals surface area contributed by atoms with Crippen LogP contribution in [0, 0.1) is 11.7 Å². The van der Waals surface area contributed by atoms with Crippen LogP contribution in [-0.2, 0) is 0 Å². The monoisotopic (exact) mass is 242 g/mol. The molecule has 0 bridgehead atoms. The van der Waals surface area contributed by atoms with Gasteiger partial charge >= 0.3 is 0 Å². The van der Waals surface area contributed by atoms with E-state index in [0.29, 0.717) is 11.4 Å². The number of rotatable bonds is 5. The standard InChI is InChI=1S/C12H19FN2O2/c1-7(2)11(6-16)15-10-5-12(17-3)8(13)4-9(10)14/h4-5,7,11,15-16H,6,14H2,1-3H3. The topological polar surface area (TPSA) is 67.5 Å². The normalized spacial score (nSPS) is 12.6. The zero-order valence-electron chi connectivity index (χ0n) is 10.3. The fraction of sp³-hybridized carbons (Fsp3) is 0.500. The highest BCUT2D eigenvalue weighted by Gasteiger charge is 2.15. The van der Waals surface area contributed by atoms with Crippen molar-refractivity contribution in [3.8, 4) is 5.75 Å². The van der Waals surface area contributed by atoms with Crippen LogP contribution in [-0.4, -0.2) is 24.9 Å². The lowest BCUT2D eigenvalue weighted by molar-refractivity contribution is 0.249. The van der Waals surface area contributed by atoms with Gasteiger partial charge in [0.15, 0.2) is 11.6 Å². The molecule has 0 aromatic heterocycles. The number of aliphatic hydroxyl groups is 1. The first-order chi connectivity index (χ1) is 7.99. The van der Waals surface area contributed by atoms with Crippen LogP contribution in [0.25, 0.3) is 0 Å². The number of methoxy groups -OCH3 is 1. The smallest absolute Gasteiger partial charge is 0.167 e. The van der Waals surface area contributed by atoms with E-state index in [-0.39, 0.29) is 24.3 Å². The Morgan fingerprint density at radius 2 is 2.12 bits per heavy atom. The van der Waals surface area contributed by atoms with Crippen molar-refractivity contribution >= 4 is 11.4 Å². The number of aliphatic hydroxyl groups excluding tert-OH is 1. The van der Waals surface area contributed by atoms with Crippen LogP contribution in [0.4, 0.5) is 15.8 Å². The molecule has 0 spiro atoms. The van der Waals surface area contributed by atoms with E-state index < -0.39 is 5.82 Å². The zero-order valence-corrected chi connectivity index (χ0v) is 10.3. The van der Waals surface area contributed by atoms with Gasteiger partial charge in [-0.15, -0.1) is 0 Å². The van der Waals surface area contributed by atoms with Crippen LogP contribution in [0.5, 0.6) is 5.75 Å². The highest BCUT2D eigenvalue weighted by molar-refractivity contribution is 5.69. The fourth-order valence-corrected chi connectivity index (χ4v) is 1.47. The van der Waals surface area contributed by atoms with Crippen LogP contribution < -0.4 is 15.8 Å². The molecule has 0 aliphatic heterocycles. The maximum absolute atomic E-state index is 13.3. The van der Waals surface area contributed by atoms with Crippen molar-refractivity contribution in [1.29, 1.82) is 0 Å². The number of anilines is 2. The van der Waals surface area contributed by atoms with Gasteiger partial charge in [-0.25, -0.2) is 4.39 Å². The molecule has 1 unspecified atom stereocenters. The molecule has 5 heteroatoms. The third-order valence-corrected chi connectivity index (χ3v) is 2.67. The van der Waals surface area contributed by atoms with E-state index in [9.17, 15) is 9.50 Å². The number of nitrogens with two attached hydrogens (primary N) is 1. The maximum atomic E-state index is 13.3. The molecule has 1 rings (SSSR count). The minimum absolute atomic E-state index is 0.0171. The van der Waals surface area contributed by atoms with E-state index in [4.69, 9.17) is 10.5 Å². The second-order valence-corrected chi connectivity index (χ2v) is 4.25. The van der Waals surface area contributed by atoms with E-state index in [2.05, 4.69) is 5.32 Å². The van der Waals surface area contributed by atoms with Crippen LogP contribution in [0.1, 0.15) is 13.8 Å². The molecule has 4 N–H and O–H groups in total. The fourth-order valence-electron chi connectivity index (χ4n) is 1.47. The quantitative estimate of drug-likeness (QED) is 0.689. The highest BCUT2D eigenvalue weighted by Crippen LogP contribution is 2.29. The highest BCUT2D eigenvalue weighted by atomic mass is 19.1. The number of halogens is 1. The predicted octanol–water partition coefficient (Wildman–Crippen LogP) is 1.85. The molecule has 0 aliphatic carbocycles. The molecular formula is C12H19FN2O2. The van der Waals surface area contributed by atoms with Crippen molar-refractivity contribution in [1.82, 2.24) is 0 Å². The summed E-state index contributed by atoms with van der Waals surface area (Å²) in [6, 6.07) is 2.57. The Morgan fingerprint density at radius 1 is 1.47 bits per heavy atom. The summed E-state index contributed by atoms with van der Waals surface area (Å²) < 4.78 is 18.2. The van der Waals surface area contributed by atoms with E-state index >= 15 is 0 Å². The van der Waals surface area contributed by atoms with Crippen molar-refractivity contribution in [3.05, 3.63) is 17.9 Å². The van der Waals surface area contributed by atoms with Gasteiger partial charge in [0, 0.05) is 12.1 Å². The Bertz CT molecular complexity index is 383. The summed E-state index contributed by atoms with van der Waals surface area (Å²) in [7, 11) is 1.39. The minimum atomic E-state index is -0.499. The lowest BCUT2D eigenvalue weighted by Crippen LogP contribution is -2.29. The molecule has 0 heterocycles. The second kappa shape index (κ2) is 5.72. The molecule has 0 aliphatic rings. The van der Waals surface area contributed by atoms with Gasteiger partial charge in [-0.05, 0) is 5.92 Å². The van der Waals surface area contributed by atoms with Gasteiger partial charge in [-0.3, -0.25) is 0 Å². The molecular weight excluding hydrogens is 223 g/mol. The first-order valence-corrected chi connectivity index (χ1v) is 5.50. The van der Waals surface area contributed by atoms with E-state index in [0.717, 1.165) is 0 Å². The molecule has 0 radical (unpaired) electrons. The Kier molecular flexibility index (Phi) is 4.57. The molecule has 17 heavy (non-hydrogen) atoms. The van der Waals surface area contributed by atoms with Crippen molar-refractivity contribution in [2.45, 2.75) is 19.9 Å². The molecule has 1 aromatic carbocycles. The lowest BCUT2D eigenvalue weighted by atomic mass is 10.0. The van der Waals surface area contributed by atoms with Crippen LogP contribution >= 0.6 is 0 Å². The van der Waals surface area contributed by atoms with E-state index in [1.807, 2.05) is 13.8 Å². The summed E-state index contributed by atoms with van der Waals surface area (Å²) >= 11 is 0. The SMILES string of the molecule is COc1cc(NC(CO)C(C)C)c(N)cc1F. The summed E-state index contributed by atoms with van der Waals surface area (Å²) in [5.41, 5.74) is 6.57. The third kappa shape index (κ3) is 3.23. The van der Waals surface area contributed by atoms with Crippen molar-refractivity contribution in [2.75, 3.05) is 24.8 Å². The molecule has 0 saturated carbocycles. The molecule has 0 amide bonds. The number of hydrogen-bond acceptors (Lipinski definition) is 4. The first kappa shape index (κ1) is 13.6. The zero-order chi connectivity index (χ0) is 13.0. The Morgan fingerprint density at radius 3 is 2.59 bits per heavy atom.